The zero-order chi connectivity index (χ0) is 13.8. The van der Waals surface area contributed by atoms with E-state index in [1.165, 1.54) is 0 Å². The molecule has 0 aromatic rings. The molecule has 1 aliphatic rings. The fourth-order valence-electron chi connectivity index (χ4n) is 2.20. The average Bonchev–Trinajstić information content (AvgIpc) is 2.35. The van der Waals surface area contributed by atoms with E-state index in [4.69, 9.17) is 0 Å². The number of carboxylic acids is 1. The maximum atomic E-state index is 12.3. The second-order valence-corrected chi connectivity index (χ2v) is 5.49. The molecule has 1 fully saturated rings. The van der Waals surface area contributed by atoms with E-state index in [0.29, 0.717) is 0 Å². The van der Waals surface area contributed by atoms with Crippen molar-refractivity contribution in [2.24, 2.45) is 11.3 Å². The van der Waals surface area contributed by atoms with E-state index in [9.17, 15) is 14.7 Å². The summed E-state index contributed by atoms with van der Waals surface area (Å²) in [5.74, 6) is -1.14. The van der Waals surface area contributed by atoms with Gasteiger partial charge in [-0.3, -0.25) is 4.79 Å². The lowest BCUT2D eigenvalue weighted by molar-refractivity contribution is -0.145. The molecule has 0 aromatic carbocycles. The predicted octanol–water partition coefficient (Wildman–Crippen LogP) is 0.992. The number of amides is 1. The third-order valence-electron chi connectivity index (χ3n) is 4.02. The average molecular weight is 256 g/mol. The van der Waals surface area contributed by atoms with Crippen molar-refractivity contribution in [3.05, 3.63) is 0 Å². The Bertz CT molecular complexity index is 311. The molecule has 5 heteroatoms. The van der Waals surface area contributed by atoms with Crippen LogP contribution < -0.4 is 10.6 Å². The zero-order valence-electron chi connectivity index (χ0n) is 11.5. The molecule has 104 valence electrons. The highest BCUT2D eigenvalue weighted by molar-refractivity contribution is 5.87. The van der Waals surface area contributed by atoms with Crippen LogP contribution in [-0.2, 0) is 9.59 Å². The summed E-state index contributed by atoms with van der Waals surface area (Å²) in [6, 6.07) is -0.783. The van der Waals surface area contributed by atoms with Gasteiger partial charge in [0.25, 0.3) is 0 Å². The van der Waals surface area contributed by atoms with Crippen molar-refractivity contribution < 1.29 is 14.7 Å². The SMILES string of the molecule is CC[C@H](C)[C@H](NC(=O)C1(C)CCNCC1)C(=O)O. The predicted molar refractivity (Wildman–Crippen MR) is 69.2 cm³/mol. The standard InChI is InChI=1S/C13H24N2O3/c1-4-9(2)10(11(16)17)15-12(18)13(3)5-7-14-8-6-13/h9-10,14H,4-8H2,1-3H3,(H,15,18)(H,16,17)/t9-,10-/m0/s1. The van der Waals surface area contributed by atoms with Crippen LogP contribution >= 0.6 is 0 Å². The van der Waals surface area contributed by atoms with Gasteiger partial charge in [0.2, 0.25) is 5.91 Å². The third-order valence-corrected chi connectivity index (χ3v) is 4.02. The van der Waals surface area contributed by atoms with E-state index in [2.05, 4.69) is 10.6 Å². The van der Waals surface area contributed by atoms with Gasteiger partial charge in [0, 0.05) is 5.41 Å². The Balaban J connectivity index is 2.68. The number of piperidine rings is 1. The van der Waals surface area contributed by atoms with Crippen molar-refractivity contribution in [1.82, 2.24) is 10.6 Å². The molecule has 3 N–H and O–H groups in total. The summed E-state index contributed by atoms with van der Waals surface area (Å²) in [6.07, 6.45) is 2.24. The molecule has 1 heterocycles. The van der Waals surface area contributed by atoms with Crippen molar-refractivity contribution in [2.45, 2.75) is 46.1 Å². The van der Waals surface area contributed by atoms with Gasteiger partial charge in [-0.15, -0.1) is 0 Å². The van der Waals surface area contributed by atoms with Crippen LogP contribution in [-0.4, -0.2) is 36.1 Å². The molecular weight excluding hydrogens is 232 g/mol. The Kier molecular flexibility index (Phi) is 5.14. The highest BCUT2D eigenvalue weighted by atomic mass is 16.4. The number of hydrogen-bond donors (Lipinski definition) is 3. The van der Waals surface area contributed by atoms with Gasteiger partial charge in [0.05, 0.1) is 0 Å². The number of nitrogens with one attached hydrogen (secondary N) is 2. The lowest BCUT2D eigenvalue weighted by atomic mass is 9.79. The maximum Gasteiger partial charge on any atom is 0.326 e. The lowest BCUT2D eigenvalue weighted by Gasteiger charge is -2.34. The molecular formula is C13H24N2O3. The van der Waals surface area contributed by atoms with E-state index in [-0.39, 0.29) is 11.8 Å². The van der Waals surface area contributed by atoms with E-state index >= 15 is 0 Å². The Morgan fingerprint density at radius 2 is 1.94 bits per heavy atom. The van der Waals surface area contributed by atoms with Crippen LogP contribution in [0.3, 0.4) is 0 Å². The Morgan fingerprint density at radius 3 is 2.39 bits per heavy atom. The summed E-state index contributed by atoms with van der Waals surface area (Å²) >= 11 is 0. The van der Waals surface area contributed by atoms with Gasteiger partial charge >= 0.3 is 5.97 Å². The van der Waals surface area contributed by atoms with Gasteiger partial charge in [-0.05, 0) is 31.8 Å². The number of carbonyl (C=O) groups is 2. The second kappa shape index (κ2) is 6.18. The first kappa shape index (κ1) is 15.0. The number of carboxylic acid groups (broad SMARTS) is 1. The van der Waals surface area contributed by atoms with Gasteiger partial charge in [0.15, 0.2) is 0 Å². The first-order valence-corrected chi connectivity index (χ1v) is 6.65. The molecule has 2 atom stereocenters. The van der Waals surface area contributed by atoms with E-state index in [0.717, 1.165) is 32.4 Å². The zero-order valence-corrected chi connectivity index (χ0v) is 11.5. The summed E-state index contributed by atoms with van der Waals surface area (Å²) < 4.78 is 0. The molecule has 1 rings (SSSR count). The van der Waals surface area contributed by atoms with Crippen LogP contribution in [0.5, 0.6) is 0 Å². The minimum atomic E-state index is -0.949. The van der Waals surface area contributed by atoms with Gasteiger partial charge < -0.3 is 15.7 Å². The molecule has 0 spiro atoms. The molecule has 0 unspecified atom stereocenters. The van der Waals surface area contributed by atoms with Crippen molar-refractivity contribution in [2.75, 3.05) is 13.1 Å². The van der Waals surface area contributed by atoms with Crippen LogP contribution in [0.25, 0.3) is 0 Å². The summed E-state index contributed by atoms with van der Waals surface area (Å²) in [6.45, 7) is 7.32. The highest BCUT2D eigenvalue weighted by Gasteiger charge is 2.37. The van der Waals surface area contributed by atoms with Gasteiger partial charge in [-0.2, -0.15) is 0 Å². The molecule has 1 amide bonds. The number of hydrogen-bond acceptors (Lipinski definition) is 3. The van der Waals surface area contributed by atoms with E-state index < -0.39 is 17.4 Å². The molecule has 0 aromatic heterocycles. The van der Waals surface area contributed by atoms with Crippen molar-refractivity contribution in [3.63, 3.8) is 0 Å². The normalized spacial score (nSPS) is 21.9. The molecule has 0 bridgehead atoms. The van der Waals surface area contributed by atoms with Gasteiger partial charge in [-0.25, -0.2) is 4.79 Å². The quantitative estimate of drug-likeness (QED) is 0.685. The van der Waals surface area contributed by atoms with Crippen molar-refractivity contribution in [3.8, 4) is 0 Å². The molecule has 18 heavy (non-hydrogen) atoms. The topological polar surface area (TPSA) is 78.4 Å². The monoisotopic (exact) mass is 256 g/mol. The summed E-state index contributed by atoms with van der Waals surface area (Å²) in [5, 5.41) is 15.1. The van der Waals surface area contributed by atoms with Crippen LogP contribution in [0.1, 0.15) is 40.0 Å². The van der Waals surface area contributed by atoms with Crippen molar-refractivity contribution >= 4 is 11.9 Å². The smallest absolute Gasteiger partial charge is 0.326 e. The molecule has 0 radical (unpaired) electrons. The summed E-state index contributed by atoms with van der Waals surface area (Å²) in [7, 11) is 0. The summed E-state index contributed by atoms with van der Waals surface area (Å²) in [5.41, 5.74) is -0.438. The Hall–Kier alpha value is -1.10. The molecule has 0 aliphatic carbocycles. The fourth-order valence-corrected chi connectivity index (χ4v) is 2.20. The number of aliphatic carboxylic acids is 1. The van der Waals surface area contributed by atoms with E-state index in [1.807, 2.05) is 20.8 Å². The Labute approximate surface area is 108 Å². The molecule has 5 nitrogen and oxygen atoms in total. The van der Waals surface area contributed by atoms with Crippen molar-refractivity contribution in [1.29, 1.82) is 0 Å². The van der Waals surface area contributed by atoms with Gasteiger partial charge in [-0.1, -0.05) is 27.2 Å². The van der Waals surface area contributed by atoms with Crippen LogP contribution in [0, 0.1) is 11.3 Å². The largest absolute Gasteiger partial charge is 0.480 e. The lowest BCUT2D eigenvalue weighted by Crippen LogP contribution is -2.52. The van der Waals surface area contributed by atoms with Crippen LogP contribution in [0.4, 0.5) is 0 Å². The first-order valence-electron chi connectivity index (χ1n) is 6.65. The van der Waals surface area contributed by atoms with Crippen LogP contribution in [0.15, 0.2) is 0 Å². The molecule has 0 saturated carbocycles. The molecule has 1 aliphatic heterocycles. The first-order chi connectivity index (χ1) is 8.40. The van der Waals surface area contributed by atoms with Crippen LogP contribution in [0.2, 0.25) is 0 Å². The highest BCUT2D eigenvalue weighted by Crippen LogP contribution is 2.28. The number of rotatable bonds is 5. The minimum Gasteiger partial charge on any atom is -0.480 e. The fraction of sp³-hybridized carbons (Fsp3) is 0.846. The second-order valence-electron chi connectivity index (χ2n) is 5.49. The maximum absolute atomic E-state index is 12.3. The molecule has 1 saturated heterocycles. The summed E-state index contributed by atoms with van der Waals surface area (Å²) in [4.78, 5) is 23.4. The van der Waals surface area contributed by atoms with E-state index in [1.54, 1.807) is 0 Å². The minimum absolute atomic E-state index is 0.0586. The Morgan fingerprint density at radius 1 is 1.39 bits per heavy atom. The van der Waals surface area contributed by atoms with Gasteiger partial charge in [0.1, 0.15) is 6.04 Å². The third kappa shape index (κ3) is 3.45. The number of carbonyl (C=O) groups excluding carboxylic acids is 1.